The third-order valence-corrected chi connectivity index (χ3v) is 5.71. The maximum Gasteiger partial charge on any atom is 0.255 e. The summed E-state index contributed by atoms with van der Waals surface area (Å²) in [6.45, 7) is 0. The fourth-order valence-electron chi connectivity index (χ4n) is 3.85. The molecule has 28 heavy (non-hydrogen) atoms. The summed E-state index contributed by atoms with van der Waals surface area (Å²) in [5.74, 6) is -0.737. The van der Waals surface area contributed by atoms with Gasteiger partial charge in [0.2, 0.25) is 0 Å². The fraction of sp³-hybridized carbons (Fsp3) is 0.286. The first-order chi connectivity index (χ1) is 13.4. The maximum absolute atomic E-state index is 14.2. The minimum absolute atomic E-state index is 0.128. The lowest BCUT2D eigenvalue weighted by Crippen LogP contribution is -2.43. The first kappa shape index (κ1) is 18.9. The molecule has 2 aromatic carbocycles. The Bertz CT molecular complexity index is 1090. The van der Waals surface area contributed by atoms with Crippen LogP contribution in [0.3, 0.4) is 0 Å². The molecule has 4 nitrogen and oxygen atoms in total. The molecule has 4 rings (SSSR count). The molecular weight excluding hydrogens is 386 g/mol. The number of pyridine rings is 1. The van der Waals surface area contributed by atoms with Crippen molar-refractivity contribution in [3.8, 4) is 5.75 Å². The highest BCUT2D eigenvalue weighted by Gasteiger charge is 2.36. The van der Waals surface area contributed by atoms with Gasteiger partial charge in [-0.1, -0.05) is 17.7 Å². The predicted molar refractivity (Wildman–Crippen MR) is 105 cm³/mol. The Morgan fingerprint density at radius 3 is 2.61 bits per heavy atom. The average Bonchev–Trinajstić information content (AvgIpc) is 2.65. The van der Waals surface area contributed by atoms with E-state index >= 15 is 0 Å². The number of aromatic amines is 1. The number of ether oxygens (including phenoxy) is 1. The number of benzene rings is 2. The van der Waals surface area contributed by atoms with Crippen molar-refractivity contribution in [3.63, 3.8) is 0 Å². The second kappa shape index (κ2) is 7.18. The van der Waals surface area contributed by atoms with Crippen molar-refractivity contribution >= 4 is 22.4 Å². The molecule has 0 bridgehead atoms. The van der Waals surface area contributed by atoms with Crippen LogP contribution in [-0.4, -0.2) is 11.1 Å². The van der Waals surface area contributed by atoms with Gasteiger partial charge in [0.25, 0.3) is 5.56 Å². The number of nitrogens with one attached hydrogen (secondary N) is 1. The lowest BCUT2D eigenvalue weighted by atomic mass is 9.76. The molecule has 0 unspecified atom stereocenters. The number of aromatic nitrogens is 1. The molecule has 0 spiro atoms. The van der Waals surface area contributed by atoms with Gasteiger partial charge in [0.1, 0.15) is 17.4 Å². The second-order valence-electron chi connectivity index (χ2n) is 7.27. The zero-order chi connectivity index (χ0) is 19.9. The van der Waals surface area contributed by atoms with Crippen molar-refractivity contribution in [2.75, 3.05) is 0 Å². The zero-order valence-corrected chi connectivity index (χ0v) is 15.7. The van der Waals surface area contributed by atoms with Crippen molar-refractivity contribution < 1.29 is 13.5 Å². The largest absolute Gasteiger partial charge is 0.489 e. The van der Waals surface area contributed by atoms with E-state index in [9.17, 15) is 13.6 Å². The quantitative estimate of drug-likeness (QED) is 0.668. The molecule has 1 aliphatic carbocycles. The van der Waals surface area contributed by atoms with Crippen LogP contribution >= 0.6 is 11.6 Å². The molecule has 1 heterocycles. The highest BCUT2D eigenvalue weighted by atomic mass is 35.5. The van der Waals surface area contributed by atoms with Crippen LogP contribution < -0.4 is 16.0 Å². The zero-order valence-electron chi connectivity index (χ0n) is 15.0. The highest BCUT2D eigenvalue weighted by molar-refractivity contribution is 6.32. The van der Waals surface area contributed by atoms with E-state index in [2.05, 4.69) is 4.98 Å². The number of halogens is 3. The van der Waals surface area contributed by atoms with Crippen LogP contribution in [0.15, 0.2) is 47.4 Å². The average molecular weight is 405 g/mol. The van der Waals surface area contributed by atoms with Crippen LogP contribution in [0.1, 0.15) is 31.2 Å². The number of rotatable bonds is 3. The predicted octanol–water partition coefficient (Wildman–Crippen LogP) is 4.64. The summed E-state index contributed by atoms with van der Waals surface area (Å²) >= 11 is 6.29. The Morgan fingerprint density at radius 2 is 1.89 bits per heavy atom. The van der Waals surface area contributed by atoms with Gasteiger partial charge in [0.15, 0.2) is 0 Å². The van der Waals surface area contributed by atoms with Crippen LogP contribution in [0.4, 0.5) is 8.78 Å². The lowest BCUT2D eigenvalue weighted by molar-refractivity contribution is 0.116. The monoisotopic (exact) mass is 404 g/mol. The van der Waals surface area contributed by atoms with Crippen molar-refractivity contribution in [1.29, 1.82) is 0 Å². The van der Waals surface area contributed by atoms with Gasteiger partial charge in [0, 0.05) is 28.8 Å². The molecule has 1 aliphatic rings. The first-order valence-corrected chi connectivity index (χ1v) is 9.45. The molecule has 0 aliphatic heterocycles. The first-order valence-electron chi connectivity index (χ1n) is 9.08. The Morgan fingerprint density at radius 1 is 1.14 bits per heavy atom. The van der Waals surface area contributed by atoms with Gasteiger partial charge in [-0.2, -0.15) is 0 Å². The molecule has 7 heteroatoms. The van der Waals surface area contributed by atoms with Crippen molar-refractivity contribution in [2.45, 2.75) is 37.3 Å². The Hall–Kier alpha value is -2.44. The number of hydrogen-bond donors (Lipinski definition) is 2. The Balaban J connectivity index is 1.51. The van der Waals surface area contributed by atoms with Crippen LogP contribution in [0.25, 0.3) is 10.8 Å². The molecule has 3 N–H and O–H groups in total. The van der Waals surface area contributed by atoms with Crippen molar-refractivity contribution in [2.24, 2.45) is 5.73 Å². The smallest absolute Gasteiger partial charge is 0.255 e. The fourth-order valence-corrected chi connectivity index (χ4v) is 4.05. The van der Waals surface area contributed by atoms with E-state index in [0.717, 1.165) is 11.5 Å². The van der Waals surface area contributed by atoms with Gasteiger partial charge in [-0.15, -0.1) is 0 Å². The topological polar surface area (TPSA) is 68.1 Å². The van der Waals surface area contributed by atoms with Gasteiger partial charge in [-0.05, 0) is 55.3 Å². The molecule has 0 radical (unpaired) electrons. The third-order valence-electron chi connectivity index (χ3n) is 5.41. The summed E-state index contributed by atoms with van der Waals surface area (Å²) in [5, 5.41) is 1.59. The van der Waals surface area contributed by atoms with Crippen LogP contribution in [0.5, 0.6) is 5.75 Å². The molecule has 1 fully saturated rings. The van der Waals surface area contributed by atoms with Crippen molar-refractivity contribution in [1.82, 2.24) is 4.98 Å². The SMILES string of the molecule is N[C@]1(c2ccc(F)cc2F)CC[C@@H](Oc2cc3cc[nH]c(=O)c3cc2Cl)CC1. The standard InChI is InChI=1S/C21H19ClF2N2O2/c22-17-11-15-12(5-8-26-20(15)27)9-19(17)28-14-3-6-21(25,7-4-14)16-2-1-13(23)10-18(16)24/h1-2,5,8-11,14H,3-4,6-7,25H2,(H,26,27)/t14-,21-. The van der Waals surface area contributed by atoms with E-state index in [4.69, 9.17) is 22.1 Å². The number of fused-ring (bicyclic) bond motifs is 1. The maximum atomic E-state index is 14.2. The third kappa shape index (κ3) is 3.50. The van der Waals surface area contributed by atoms with Crippen molar-refractivity contribution in [3.05, 3.63) is 75.2 Å². The molecule has 1 saturated carbocycles. The second-order valence-corrected chi connectivity index (χ2v) is 7.68. The van der Waals surface area contributed by atoms with E-state index in [-0.39, 0.29) is 11.7 Å². The minimum atomic E-state index is -0.849. The molecule has 0 atom stereocenters. The molecular formula is C21H19ClF2N2O2. The Kier molecular flexibility index (Phi) is 4.85. The minimum Gasteiger partial charge on any atom is -0.489 e. The summed E-state index contributed by atoms with van der Waals surface area (Å²) < 4.78 is 33.4. The lowest BCUT2D eigenvalue weighted by Gasteiger charge is -2.37. The highest BCUT2D eigenvalue weighted by Crippen LogP contribution is 2.39. The van der Waals surface area contributed by atoms with Crippen LogP contribution in [0, 0.1) is 11.6 Å². The van der Waals surface area contributed by atoms with Crippen LogP contribution in [-0.2, 0) is 5.54 Å². The molecule has 146 valence electrons. The number of hydrogen-bond acceptors (Lipinski definition) is 3. The van der Waals surface area contributed by atoms with Gasteiger partial charge in [-0.25, -0.2) is 8.78 Å². The van der Waals surface area contributed by atoms with E-state index in [1.807, 2.05) is 0 Å². The number of nitrogens with two attached hydrogens (primary N) is 1. The van der Waals surface area contributed by atoms with Gasteiger partial charge in [0.05, 0.1) is 11.1 Å². The summed E-state index contributed by atoms with van der Waals surface area (Å²) in [7, 11) is 0. The Labute approximate surface area is 165 Å². The molecule has 1 aromatic heterocycles. The summed E-state index contributed by atoms with van der Waals surface area (Å²) in [6, 6.07) is 8.63. The number of H-pyrrole nitrogens is 1. The van der Waals surface area contributed by atoms with E-state index in [1.54, 1.807) is 24.4 Å². The van der Waals surface area contributed by atoms with Gasteiger partial charge in [-0.3, -0.25) is 4.79 Å². The van der Waals surface area contributed by atoms with Gasteiger partial charge >= 0.3 is 0 Å². The summed E-state index contributed by atoms with van der Waals surface area (Å²) in [6.07, 6.45) is 3.67. The van der Waals surface area contributed by atoms with E-state index < -0.39 is 17.2 Å². The van der Waals surface area contributed by atoms with Gasteiger partial charge < -0.3 is 15.5 Å². The molecule has 0 saturated heterocycles. The molecule has 0 amide bonds. The summed E-state index contributed by atoms with van der Waals surface area (Å²) in [5.41, 5.74) is 5.70. The van der Waals surface area contributed by atoms with Crippen LogP contribution in [0.2, 0.25) is 5.02 Å². The van der Waals surface area contributed by atoms with E-state index in [0.29, 0.717) is 47.4 Å². The normalized spacial score (nSPS) is 22.4. The molecule has 3 aromatic rings. The van der Waals surface area contributed by atoms with E-state index in [1.165, 1.54) is 12.1 Å². The summed E-state index contributed by atoms with van der Waals surface area (Å²) in [4.78, 5) is 14.5.